The van der Waals surface area contributed by atoms with Crippen LogP contribution in [0, 0.1) is 6.92 Å². The average Bonchev–Trinajstić information content (AvgIpc) is 2.67. The van der Waals surface area contributed by atoms with Crippen LogP contribution in [0.3, 0.4) is 0 Å². The number of aryl methyl sites for hydroxylation is 1. The second kappa shape index (κ2) is 8.96. The minimum Gasteiger partial charge on any atom is -0.379 e. The lowest BCUT2D eigenvalue weighted by Gasteiger charge is -2.36. The number of piperazine rings is 1. The zero-order chi connectivity index (χ0) is 18.4. The third-order valence-electron chi connectivity index (χ3n) is 4.87. The summed E-state index contributed by atoms with van der Waals surface area (Å²) in [7, 11) is 0. The van der Waals surface area contributed by atoms with E-state index in [-0.39, 0.29) is 11.8 Å². The number of carbonyl (C=O) groups excluding carboxylic acids is 2. The summed E-state index contributed by atoms with van der Waals surface area (Å²) in [5.41, 5.74) is 2.20. The summed E-state index contributed by atoms with van der Waals surface area (Å²) in [5.74, 6) is 0.154. The molecule has 1 aromatic carbocycles. The lowest BCUT2D eigenvalue weighted by atomic mass is 10.1. The largest absolute Gasteiger partial charge is 0.379 e. The van der Waals surface area contributed by atoms with Crippen LogP contribution in [-0.2, 0) is 14.3 Å². The standard InChI is InChI=1S/C20H27N3O3/c1-17-3-2-4-18(15-17)5-6-19(24)22-7-9-23(10-8-22)20(25)16-21-11-13-26-14-12-21/h2-6,15H,7-14,16H2,1H3/b6-5-. The number of ether oxygens (including phenoxy) is 1. The molecule has 0 N–H and O–H groups in total. The van der Waals surface area contributed by atoms with Crippen molar-refractivity contribution in [3.8, 4) is 0 Å². The van der Waals surface area contributed by atoms with E-state index in [2.05, 4.69) is 4.90 Å². The van der Waals surface area contributed by atoms with Crippen LogP contribution in [0.1, 0.15) is 11.1 Å². The number of nitrogens with zero attached hydrogens (tertiary/aromatic N) is 3. The molecule has 2 amide bonds. The van der Waals surface area contributed by atoms with Crippen molar-refractivity contribution in [3.63, 3.8) is 0 Å². The highest BCUT2D eigenvalue weighted by Crippen LogP contribution is 2.08. The first-order chi connectivity index (χ1) is 12.6. The Kier molecular flexibility index (Phi) is 6.41. The molecule has 1 aromatic rings. The molecule has 140 valence electrons. The first kappa shape index (κ1) is 18.6. The minimum atomic E-state index is 0.00628. The van der Waals surface area contributed by atoms with Gasteiger partial charge >= 0.3 is 0 Å². The minimum absolute atomic E-state index is 0.00628. The third kappa shape index (κ3) is 5.16. The van der Waals surface area contributed by atoms with E-state index in [4.69, 9.17) is 4.74 Å². The second-order valence-corrected chi connectivity index (χ2v) is 6.84. The highest BCUT2D eigenvalue weighted by Gasteiger charge is 2.24. The zero-order valence-corrected chi connectivity index (χ0v) is 15.4. The first-order valence-electron chi connectivity index (χ1n) is 9.23. The van der Waals surface area contributed by atoms with Crippen molar-refractivity contribution in [2.24, 2.45) is 0 Å². The van der Waals surface area contributed by atoms with E-state index in [9.17, 15) is 9.59 Å². The van der Waals surface area contributed by atoms with Gasteiger partial charge in [-0.1, -0.05) is 29.8 Å². The quantitative estimate of drug-likeness (QED) is 0.755. The van der Waals surface area contributed by atoms with Crippen molar-refractivity contribution >= 4 is 17.9 Å². The molecule has 0 unspecified atom stereocenters. The van der Waals surface area contributed by atoms with Crippen LogP contribution in [0.4, 0.5) is 0 Å². The number of hydrogen-bond acceptors (Lipinski definition) is 4. The molecule has 2 fully saturated rings. The Morgan fingerprint density at radius 3 is 2.42 bits per heavy atom. The predicted octanol–water partition coefficient (Wildman–Crippen LogP) is 1.01. The van der Waals surface area contributed by atoms with E-state index in [1.165, 1.54) is 5.56 Å². The number of benzene rings is 1. The smallest absolute Gasteiger partial charge is 0.246 e. The molecule has 0 saturated carbocycles. The molecule has 2 aliphatic heterocycles. The SMILES string of the molecule is Cc1cccc(/C=C\C(=O)N2CCN(C(=O)CN3CCOCC3)CC2)c1. The highest BCUT2D eigenvalue weighted by molar-refractivity contribution is 5.92. The van der Waals surface area contributed by atoms with E-state index < -0.39 is 0 Å². The maximum atomic E-state index is 12.4. The maximum absolute atomic E-state index is 12.4. The van der Waals surface area contributed by atoms with Gasteiger partial charge in [-0.2, -0.15) is 0 Å². The van der Waals surface area contributed by atoms with Crippen LogP contribution in [0.15, 0.2) is 30.3 Å². The van der Waals surface area contributed by atoms with Crippen LogP contribution < -0.4 is 0 Å². The average molecular weight is 357 g/mol. The first-order valence-corrected chi connectivity index (χ1v) is 9.23. The lowest BCUT2D eigenvalue weighted by molar-refractivity contribution is -0.138. The van der Waals surface area contributed by atoms with Gasteiger partial charge in [-0.25, -0.2) is 0 Å². The van der Waals surface area contributed by atoms with E-state index in [1.54, 1.807) is 6.08 Å². The fraction of sp³-hybridized carbons (Fsp3) is 0.500. The second-order valence-electron chi connectivity index (χ2n) is 6.84. The number of morpholine rings is 1. The third-order valence-corrected chi connectivity index (χ3v) is 4.87. The summed E-state index contributed by atoms with van der Waals surface area (Å²) in [5, 5.41) is 0. The van der Waals surface area contributed by atoms with Crippen molar-refractivity contribution in [1.82, 2.24) is 14.7 Å². The number of amides is 2. The number of carbonyl (C=O) groups is 2. The molecule has 6 nitrogen and oxygen atoms in total. The van der Waals surface area contributed by atoms with Gasteiger partial charge in [0.15, 0.2) is 0 Å². The number of rotatable bonds is 4. The molecule has 2 aliphatic rings. The Balaban J connectivity index is 1.45. The molecule has 0 aliphatic carbocycles. The van der Waals surface area contributed by atoms with Gasteiger partial charge in [0.2, 0.25) is 11.8 Å². The van der Waals surface area contributed by atoms with Crippen molar-refractivity contribution in [2.45, 2.75) is 6.92 Å². The summed E-state index contributed by atoms with van der Waals surface area (Å²) in [6, 6.07) is 8.05. The molecule has 2 heterocycles. The van der Waals surface area contributed by atoms with Crippen LogP contribution >= 0.6 is 0 Å². The summed E-state index contributed by atoms with van der Waals surface area (Å²) in [6.07, 6.45) is 3.48. The van der Waals surface area contributed by atoms with Crippen LogP contribution in [-0.4, -0.2) is 85.5 Å². The fourth-order valence-corrected chi connectivity index (χ4v) is 3.27. The number of hydrogen-bond donors (Lipinski definition) is 0. The van der Waals surface area contributed by atoms with Crippen LogP contribution in [0.2, 0.25) is 0 Å². The molecule has 2 saturated heterocycles. The lowest BCUT2D eigenvalue weighted by Crippen LogP contribution is -2.53. The normalized spacial score (nSPS) is 19.1. The van der Waals surface area contributed by atoms with E-state index >= 15 is 0 Å². The Morgan fingerprint density at radius 1 is 1.04 bits per heavy atom. The van der Waals surface area contributed by atoms with Gasteiger partial charge in [0.25, 0.3) is 0 Å². The van der Waals surface area contributed by atoms with E-state index in [0.717, 1.165) is 18.7 Å². The Morgan fingerprint density at radius 2 is 1.73 bits per heavy atom. The maximum Gasteiger partial charge on any atom is 0.246 e. The van der Waals surface area contributed by atoms with Crippen molar-refractivity contribution in [1.29, 1.82) is 0 Å². The monoisotopic (exact) mass is 357 g/mol. The highest BCUT2D eigenvalue weighted by atomic mass is 16.5. The Labute approximate surface area is 155 Å². The summed E-state index contributed by atoms with van der Waals surface area (Å²) < 4.78 is 5.31. The van der Waals surface area contributed by atoms with Crippen LogP contribution in [0.25, 0.3) is 6.08 Å². The van der Waals surface area contributed by atoms with Gasteiger partial charge in [0.05, 0.1) is 19.8 Å². The van der Waals surface area contributed by atoms with Crippen molar-refractivity contribution in [3.05, 3.63) is 41.5 Å². The fourth-order valence-electron chi connectivity index (χ4n) is 3.27. The van der Waals surface area contributed by atoms with Gasteiger partial charge in [0.1, 0.15) is 0 Å². The topological polar surface area (TPSA) is 53.1 Å². The Bertz CT molecular complexity index is 660. The van der Waals surface area contributed by atoms with Crippen molar-refractivity contribution < 1.29 is 14.3 Å². The molecular weight excluding hydrogens is 330 g/mol. The summed E-state index contributed by atoms with van der Waals surface area (Å²) in [6.45, 7) is 7.89. The van der Waals surface area contributed by atoms with Gasteiger partial charge in [0, 0.05) is 45.3 Å². The van der Waals surface area contributed by atoms with Gasteiger partial charge in [-0.05, 0) is 18.6 Å². The summed E-state index contributed by atoms with van der Waals surface area (Å²) in [4.78, 5) is 30.6. The van der Waals surface area contributed by atoms with E-state index in [1.807, 2.05) is 47.1 Å². The molecule has 0 aromatic heterocycles. The van der Waals surface area contributed by atoms with Crippen molar-refractivity contribution in [2.75, 3.05) is 59.0 Å². The molecule has 0 spiro atoms. The molecule has 0 atom stereocenters. The van der Waals surface area contributed by atoms with Gasteiger partial charge < -0.3 is 14.5 Å². The molecule has 26 heavy (non-hydrogen) atoms. The van der Waals surface area contributed by atoms with Gasteiger partial charge in [-0.3, -0.25) is 14.5 Å². The van der Waals surface area contributed by atoms with Gasteiger partial charge in [-0.15, -0.1) is 0 Å². The molecule has 3 rings (SSSR count). The molecule has 0 bridgehead atoms. The zero-order valence-electron chi connectivity index (χ0n) is 15.4. The summed E-state index contributed by atoms with van der Waals surface area (Å²) >= 11 is 0. The molecular formula is C20H27N3O3. The van der Waals surface area contributed by atoms with Crippen LogP contribution in [0.5, 0.6) is 0 Å². The van der Waals surface area contributed by atoms with E-state index in [0.29, 0.717) is 45.9 Å². The Hall–Kier alpha value is -2.18. The predicted molar refractivity (Wildman–Crippen MR) is 101 cm³/mol. The molecule has 6 heteroatoms. The molecule has 0 radical (unpaired) electrons.